The fourth-order valence-corrected chi connectivity index (χ4v) is 1.73. The maximum absolute atomic E-state index is 11.4. The molecule has 4 nitrogen and oxygen atoms in total. The summed E-state index contributed by atoms with van der Waals surface area (Å²) in [5.41, 5.74) is 1.10. The standard InChI is InChI=1S/C13H12ClNO3/c1-2-17-13(16)12-8-10(18-15-12)7-9-5-3-4-6-11(9)14/h3-6,8H,2,7H2,1H3. The van der Waals surface area contributed by atoms with Crippen molar-refractivity contribution >= 4 is 17.6 Å². The van der Waals surface area contributed by atoms with Gasteiger partial charge in [-0.15, -0.1) is 0 Å². The van der Waals surface area contributed by atoms with E-state index in [1.807, 2.05) is 18.2 Å². The molecule has 2 rings (SSSR count). The number of ether oxygens (including phenoxy) is 1. The first-order chi connectivity index (χ1) is 8.70. The Balaban J connectivity index is 2.12. The lowest BCUT2D eigenvalue weighted by molar-refractivity contribution is 0.0514. The van der Waals surface area contributed by atoms with Crippen LogP contribution < -0.4 is 0 Å². The van der Waals surface area contributed by atoms with Gasteiger partial charge in [-0.3, -0.25) is 0 Å². The molecule has 0 spiro atoms. The minimum Gasteiger partial charge on any atom is -0.461 e. The molecule has 0 unspecified atom stereocenters. The van der Waals surface area contributed by atoms with E-state index in [1.54, 1.807) is 19.1 Å². The van der Waals surface area contributed by atoms with E-state index in [4.69, 9.17) is 20.9 Å². The molecule has 0 radical (unpaired) electrons. The lowest BCUT2D eigenvalue weighted by atomic mass is 10.1. The van der Waals surface area contributed by atoms with Crippen LogP contribution in [0, 0.1) is 0 Å². The lowest BCUT2D eigenvalue weighted by Crippen LogP contribution is -2.04. The topological polar surface area (TPSA) is 52.3 Å². The summed E-state index contributed by atoms with van der Waals surface area (Å²) in [5, 5.41) is 4.33. The van der Waals surface area contributed by atoms with Gasteiger partial charge in [0.15, 0.2) is 5.69 Å². The molecule has 0 bridgehead atoms. The zero-order chi connectivity index (χ0) is 13.0. The minimum absolute atomic E-state index is 0.180. The molecule has 2 aromatic rings. The zero-order valence-corrected chi connectivity index (χ0v) is 10.6. The van der Waals surface area contributed by atoms with Gasteiger partial charge in [0.1, 0.15) is 5.76 Å². The van der Waals surface area contributed by atoms with Gasteiger partial charge in [0.2, 0.25) is 0 Å². The van der Waals surface area contributed by atoms with Gasteiger partial charge < -0.3 is 9.26 Å². The smallest absolute Gasteiger partial charge is 0.360 e. The summed E-state index contributed by atoms with van der Waals surface area (Å²) in [4.78, 5) is 11.4. The summed E-state index contributed by atoms with van der Waals surface area (Å²) in [6.07, 6.45) is 0.492. The Morgan fingerprint density at radius 2 is 2.22 bits per heavy atom. The summed E-state index contributed by atoms with van der Waals surface area (Å²) in [5.74, 6) is 0.0952. The molecule has 1 aromatic carbocycles. The third-order valence-electron chi connectivity index (χ3n) is 2.37. The van der Waals surface area contributed by atoms with Crippen LogP contribution in [0.5, 0.6) is 0 Å². The van der Waals surface area contributed by atoms with Crippen molar-refractivity contribution in [2.24, 2.45) is 0 Å². The van der Waals surface area contributed by atoms with E-state index in [-0.39, 0.29) is 5.69 Å². The van der Waals surface area contributed by atoms with Crippen molar-refractivity contribution in [2.75, 3.05) is 6.61 Å². The van der Waals surface area contributed by atoms with Crippen molar-refractivity contribution < 1.29 is 14.1 Å². The Morgan fingerprint density at radius 3 is 2.94 bits per heavy atom. The first-order valence-corrected chi connectivity index (χ1v) is 5.94. The maximum atomic E-state index is 11.4. The Bertz CT molecular complexity index is 551. The number of carbonyl (C=O) groups is 1. The number of hydrogen-bond acceptors (Lipinski definition) is 4. The third kappa shape index (κ3) is 2.90. The number of rotatable bonds is 4. The molecular formula is C13H12ClNO3. The van der Waals surface area contributed by atoms with Crippen LogP contribution in [0.15, 0.2) is 34.9 Å². The van der Waals surface area contributed by atoms with E-state index >= 15 is 0 Å². The van der Waals surface area contributed by atoms with Crippen molar-refractivity contribution in [3.63, 3.8) is 0 Å². The third-order valence-corrected chi connectivity index (χ3v) is 2.73. The van der Waals surface area contributed by atoms with E-state index < -0.39 is 5.97 Å². The molecule has 0 saturated carbocycles. The van der Waals surface area contributed by atoms with E-state index in [2.05, 4.69) is 5.16 Å². The molecule has 1 aromatic heterocycles. The normalized spacial score (nSPS) is 10.3. The van der Waals surface area contributed by atoms with Gasteiger partial charge in [-0.1, -0.05) is 35.0 Å². The SMILES string of the molecule is CCOC(=O)c1cc(Cc2ccccc2Cl)on1. The number of carbonyl (C=O) groups excluding carboxylic acids is 1. The summed E-state index contributed by atoms with van der Waals surface area (Å²) in [6, 6.07) is 9.02. The monoisotopic (exact) mass is 265 g/mol. The summed E-state index contributed by atoms with van der Waals surface area (Å²) < 4.78 is 9.91. The highest BCUT2D eigenvalue weighted by molar-refractivity contribution is 6.31. The van der Waals surface area contributed by atoms with Crippen molar-refractivity contribution in [3.8, 4) is 0 Å². The zero-order valence-electron chi connectivity index (χ0n) is 9.85. The molecule has 0 atom stereocenters. The van der Waals surface area contributed by atoms with Crippen LogP contribution in [0.2, 0.25) is 5.02 Å². The molecule has 0 aliphatic rings. The average Bonchev–Trinajstić information content (AvgIpc) is 2.81. The van der Waals surface area contributed by atoms with Gasteiger partial charge in [-0.2, -0.15) is 0 Å². The van der Waals surface area contributed by atoms with Crippen molar-refractivity contribution in [1.29, 1.82) is 0 Å². The number of nitrogens with zero attached hydrogens (tertiary/aromatic N) is 1. The van der Waals surface area contributed by atoms with Gasteiger partial charge in [0, 0.05) is 17.5 Å². The van der Waals surface area contributed by atoms with Crippen LogP contribution in [-0.2, 0) is 11.2 Å². The van der Waals surface area contributed by atoms with Gasteiger partial charge in [0.25, 0.3) is 0 Å². The number of esters is 1. The second-order valence-corrected chi connectivity index (χ2v) is 4.07. The fraction of sp³-hybridized carbons (Fsp3) is 0.231. The van der Waals surface area contributed by atoms with E-state index in [0.29, 0.717) is 23.8 Å². The molecule has 0 amide bonds. The number of aromatic nitrogens is 1. The van der Waals surface area contributed by atoms with Crippen molar-refractivity contribution in [1.82, 2.24) is 5.16 Å². The summed E-state index contributed by atoms with van der Waals surface area (Å²) in [7, 11) is 0. The molecule has 0 aliphatic carbocycles. The van der Waals surface area contributed by atoms with Gasteiger partial charge in [0.05, 0.1) is 6.61 Å². The second-order valence-electron chi connectivity index (χ2n) is 3.67. The number of halogens is 1. The van der Waals surface area contributed by atoms with Gasteiger partial charge >= 0.3 is 5.97 Å². The molecule has 0 aliphatic heterocycles. The van der Waals surface area contributed by atoms with E-state index in [9.17, 15) is 4.79 Å². The predicted molar refractivity (Wildman–Crippen MR) is 66.7 cm³/mol. The van der Waals surface area contributed by atoms with Crippen LogP contribution in [0.3, 0.4) is 0 Å². The molecule has 0 fully saturated rings. The first-order valence-electron chi connectivity index (χ1n) is 5.57. The Labute approximate surface area is 109 Å². The molecule has 94 valence electrons. The molecule has 0 N–H and O–H groups in total. The van der Waals surface area contributed by atoms with Gasteiger partial charge in [-0.05, 0) is 18.6 Å². The molecule has 1 heterocycles. The number of benzene rings is 1. The highest BCUT2D eigenvalue weighted by Gasteiger charge is 2.14. The largest absolute Gasteiger partial charge is 0.461 e. The van der Waals surface area contributed by atoms with E-state index in [0.717, 1.165) is 5.56 Å². The van der Waals surface area contributed by atoms with Crippen LogP contribution in [0.1, 0.15) is 28.7 Å². The minimum atomic E-state index is -0.480. The predicted octanol–water partition coefficient (Wildman–Crippen LogP) is 3.10. The van der Waals surface area contributed by atoms with Crippen molar-refractivity contribution in [3.05, 3.63) is 52.4 Å². The lowest BCUT2D eigenvalue weighted by Gasteiger charge is -1.99. The quantitative estimate of drug-likeness (QED) is 0.797. The van der Waals surface area contributed by atoms with Gasteiger partial charge in [-0.25, -0.2) is 4.79 Å². The maximum Gasteiger partial charge on any atom is 0.360 e. The molecule has 5 heteroatoms. The number of hydrogen-bond donors (Lipinski definition) is 0. The average molecular weight is 266 g/mol. The Kier molecular flexibility index (Phi) is 3.99. The first kappa shape index (κ1) is 12.6. The molecule has 0 saturated heterocycles. The van der Waals surface area contributed by atoms with E-state index in [1.165, 1.54) is 0 Å². The summed E-state index contributed by atoms with van der Waals surface area (Å²) >= 11 is 6.04. The molecule has 18 heavy (non-hydrogen) atoms. The van der Waals surface area contributed by atoms with Crippen molar-refractivity contribution in [2.45, 2.75) is 13.3 Å². The molecular weight excluding hydrogens is 254 g/mol. The fourth-order valence-electron chi connectivity index (χ4n) is 1.53. The van der Waals surface area contributed by atoms with Crippen LogP contribution in [-0.4, -0.2) is 17.7 Å². The van der Waals surface area contributed by atoms with Crippen LogP contribution in [0.4, 0.5) is 0 Å². The second kappa shape index (κ2) is 5.69. The highest BCUT2D eigenvalue weighted by Crippen LogP contribution is 2.19. The van der Waals surface area contributed by atoms with Crippen LogP contribution in [0.25, 0.3) is 0 Å². The Hall–Kier alpha value is -1.81. The Morgan fingerprint density at radius 1 is 1.44 bits per heavy atom. The highest BCUT2D eigenvalue weighted by atomic mass is 35.5. The van der Waals surface area contributed by atoms with Crippen LogP contribution >= 0.6 is 11.6 Å². The summed E-state index contributed by atoms with van der Waals surface area (Å²) in [6.45, 7) is 2.05.